The van der Waals surface area contributed by atoms with Crippen LogP contribution in [0, 0.1) is 0 Å². The molecule has 0 radical (unpaired) electrons. The summed E-state index contributed by atoms with van der Waals surface area (Å²) in [6.45, 7) is 2.47. The van der Waals surface area contributed by atoms with Crippen molar-refractivity contribution in [2.45, 2.75) is 13.0 Å². The zero-order chi connectivity index (χ0) is 8.53. The topological polar surface area (TPSA) is 52.0 Å². The molecule has 0 aromatic rings. The molecule has 0 spiro atoms. The highest BCUT2D eigenvalue weighted by molar-refractivity contribution is 5.12. The Balaban J connectivity index is 3.58. The second-order valence-corrected chi connectivity index (χ2v) is 2.20. The smallest absolute Gasteiger partial charge is 0.0351 e. The molecular weight excluding hydrogens is 136 g/mol. The Morgan fingerprint density at radius 3 is 2.36 bits per heavy atom. The van der Waals surface area contributed by atoms with Crippen molar-refractivity contribution in [1.82, 2.24) is 0 Å². The SMILES string of the molecule is C\C=C/C=C\C=C\C(N)CN. The molecule has 1 atom stereocenters. The van der Waals surface area contributed by atoms with E-state index in [0.717, 1.165) is 0 Å². The highest BCUT2D eigenvalue weighted by Crippen LogP contribution is 1.82. The minimum atomic E-state index is -0.0229. The predicted octanol–water partition coefficient (Wildman–Crippen LogP) is 0.961. The van der Waals surface area contributed by atoms with Crippen LogP contribution < -0.4 is 11.5 Å². The first-order chi connectivity index (χ1) is 5.31. The first-order valence-corrected chi connectivity index (χ1v) is 3.73. The Kier molecular flexibility index (Phi) is 6.68. The van der Waals surface area contributed by atoms with Crippen molar-refractivity contribution in [1.29, 1.82) is 0 Å². The Morgan fingerprint density at radius 2 is 1.82 bits per heavy atom. The van der Waals surface area contributed by atoms with Gasteiger partial charge in [-0.3, -0.25) is 0 Å². The van der Waals surface area contributed by atoms with Gasteiger partial charge in [0.15, 0.2) is 0 Å². The van der Waals surface area contributed by atoms with E-state index in [1.807, 2.05) is 43.4 Å². The summed E-state index contributed by atoms with van der Waals surface area (Å²) in [5.74, 6) is 0. The third-order valence-corrected chi connectivity index (χ3v) is 1.16. The summed E-state index contributed by atoms with van der Waals surface area (Å²) in [5, 5.41) is 0. The third kappa shape index (κ3) is 7.03. The van der Waals surface area contributed by atoms with Crippen molar-refractivity contribution in [3.63, 3.8) is 0 Å². The van der Waals surface area contributed by atoms with Gasteiger partial charge in [-0.1, -0.05) is 36.5 Å². The molecule has 0 saturated heterocycles. The second kappa shape index (κ2) is 7.25. The Morgan fingerprint density at radius 1 is 1.18 bits per heavy atom. The van der Waals surface area contributed by atoms with Crippen LogP contribution in [0.15, 0.2) is 36.5 Å². The van der Waals surface area contributed by atoms with Crippen LogP contribution in [-0.4, -0.2) is 12.6 Å². The van der Waals surface area contributed by atoms with Gasteiger partial charge in [0.25, 0.3) is 0 Å². The van der Waals surface area contributed by atoms with Gasteiger partial charge in [-0.05, 0) is 6.92 Å². The minimum absolute atomic E-state index is 0.0229. The molecule has 62 valence electrons. The average molecular weight is 152 g/mol. The third-order valence-electron chi connectivity index (χ3n) is 1.16. The number of nitrogens with two attached hydrogens (primary N) is 2. The van der Waals surface area contributed by atoms with Crippen molar-refractivity contribution >= 4 is 0 Å². The van der Waals surface area contributed by atoms with Crippen molar-refractivity contribution in [2.24, 2.45) is 11.5 Å². The largest absolute Gasteiger partial charge is 0.329 e. The number of hydrogen-bond acceptors (Lipinski definition) is 2. The lowest BCUT2D eigenvalue weighted by molar-refractivity contribution is 0.823. The summed E-state index contributed by atoms with van der Waals surface area (Å²) in [6.07, 6.45) is 11.6. The average Bonchev–Trinajstić information content (AvgIpc) is 2.04. The molecule has 0 bridgehead atoms. The highest BCUT2D eigenvalue weighted by Gasteiger charge is 1.87. The molecular formula is C9H16N2. The van der Waals surface area contributed by atoms with Gasteiger partial charge in [-0.25, -0.2) is 0 Å². The molecule has 0 aromatic carbocycles. The van der Waals surface area contributed by atoms with Gasteiger partial charge < -0.3 is 11.5 Å². The van der Waals surface area contributed by atoms with E-state index in [1.54, 1.807) is 0 Å². The molecule has 0 rings (SSSR count). The Hall–Kier alpha value is -0.860. The van der Waals surface area contributed by atoms with E-state index in [2.05, 4.69) is 0 Å². The molecule has 0 aliphatic carbocycles. The van der Waals surface area contributed by atoms with Crippen LogP contribution in [-0.2, 0) is 0 Å². The van der Waals surface area contributed by atoms with Crippen LogP contribution in [0.4, 0.5) is 0 Å². The van der Waals surface area contributed by atoms with Crippen molar-refractivity contribution in [2.75, 3.05) is 6.54 Å². The van der Waals surface area contributed by atoms with E-state index >= 15 is 0 Å². The molecule has 4 N–H and O–H groups in total. The second-order valence-electron chi connectivity index (χ2n) is 2.20. The van der Waals surface area contributed by atoms with E-state index in [0.29, 0.717) is 6.54 Å². The molecule has 1 unspecified atom stereocenters. The van der Waals surface area contributed by atoms with E-state index < -0.39 is 0 Å². The molecule has 0 aliphatic heterocycles. The van der Waals surface area contributed by atoms with Crippen LogP contribution in [0.3, 0.4) is 0 Å². The van der Waals surface area contributed by atoms with Crippen LogP contribution in [0.25, 0.3) is 0 Å². The molecule has 0 aromatic heterocycles. The van der Waals surface area contributed by atoms with Gasteiger partial charge in [0, 0.05) is 12.6 Å². The fourth-order valence-electron chi connectivity index (χ4n) is 0.525. The van der Waals surface area contributed by atoms with Crippen molar-refractivity contribution in [3.05, 3.63) is 36.5 Å². The quantitative estimate of drug-likeness (QED) is 0.589. The maximum absolute atomic E-state index is 5.52. The van der Waals surface area contributed by atoms with Gasteiger partial charge in [0.05, 0.1) is 0 Å². The fourth-order valence-corrected chi connectivity index (χ4v) is 0.525. The maximum atomic E-state index is 5.52. The van der Waals surface area contributed by atoms with E-state index in [4.69, 9.17) is 11.5 Å². The normalized spacial score (nSPS) is 15.5. The number of allylic oxidation sites excluding steroid dienone is 5. The highest BCUT2D eigenvalue weighted by atomic mass is 14.7. The van der Waals surface area contributed by atoms with Gasteiger partial charge in [0.2, 0.25) is 0 Å². The molecule has 2 nitrogen and oxygen atoms in total. The van der Waals surface area contributed by atoms with Crippen LogP contribution in [0.2, 0.25) is 0 Å². The Labute approximate surface area is 68.3 Å². The summed E-state index contributed by atoms with van der Waals surface area (Å²) < 4.78 is 0. The molecule has 0 amide bonds. The maximum Gasteiger partial charge on any atom is 0.0351 e. The number of hydrogen-bond donors (Lipinski definition) is 2. The van der Waals surface area contributed by atoms with Crippen LogP contribution in [0.5, 0.6) is 0 Å². The molecule has 0 fully saturated rings. The summed E-state index contributed by atoms with van der Waals surface area (Å²) in [4.78, 5) is 0. The van der Waals surface area contributed by atoms with Crippen molar-refractivity contribution in [3.8, 4) is 0 Å². The lowest BCUT2D eigenvalue weighted by Gasteiger charge is -1.97. The van der Waals surface area contributed by atoms with Gasteiger partial charge in [-0.2, -0.15) is 0 Å². The molecule has 0 aliphatic rings. The molecule has 0 saturated carbocycles. The standard InChI is InChI=1S/C9H16N2/c1-2-3-4-5-6-7-9(11)8-10/h2-7,9H,8,10-11H2,1H3/b3-2-,5-4-,7-6+. The summed E-state index contributed by atoms with van der Waals surface area (Å²) in [5.41, 5.74) is 10.8. The van der Waals surface area contributed by atoms with Gasteiger partial charge in [-0.15, -0.1) is 0 Å². The lowest BCUT2D eigenvalue weighted by atomic mass is 10.3. The molecule has 0 heterocycles. The first-order valence-electron chi connectivity index (χ1n) is 3.73. The Bertz CT molecular complexity index is 157. The predicted molar refractivity (Wildman–Crippen MR) is 50.1 cm³/mol. The van der Waals surface area contributed by atoms with Gasteiger partial charge in [0.1, 0.15) is 0 Å². The molecule has 11 heavy (non-hydrogen) atoms. The van der Waals surface area contributed by atoms with E-state index in [-0.39, 0.29) is 6.04 Å². The summed E-state index contributed by atoms with van der Waals surface area (Å²) in [6, 6.07) is -0.0229. The first kappa shape index (κ1) is 10.1. The van der Waals surface area contributed by atoms with E-state index in [9.17, 15) is 0 Å². The molecule has 2 heteroatoms. The van der Waals surface area contributed by atoms with Crippen molar-refractivity contribution < 1.29 is 0 Å². The summed E-state index contributed by atoms with van der Waals surface area (Å²) >= 11 is 0. The van der Waals surface area contributed by atoms with E-state index in [1.165, 1.54) is 0 Å². The minimum Gasteiger partial charge on any atom is -0.329 e. The van der Waals surface area contributed by atoms with Crippen LogP contribution >= 0.6 is 0 Å². The van der Waals surface area contributed by atoms with Crippen LogP contribution in [0.1, 0.15) is 6.92 Å². The zero-order valence-corrected chi connectivity index (χ0v) is 6.90. The summed E-state index contributed by atoms with van der Waals surface area (Å²) in [7, 11) is 0. The number of rotatable bonds is 4. The monoisotopic (exact) mass is 152 g/mol. The zero-order valence-electron chi connectivity index (χ0n) is 6.90. The lowest BCUT2D eigenvalue weighted by Crippen LogP contribution is -2.26. The fraction of sp³-hybridized carbons (Fsp3) is 0.333. The van der Waals surface area contributed by atoms with Gasteiger partial charge >= 0.3 is 0 Å².